The number of amides is 1. The highest BCUT2D eigenvalue weighted by Gasteiger charge is 2.22. The fraction of sp³-hybridized carbons (Fsp3) is 0.875. The Morgan fingerprint density at radius 1 is 1.67 bits per heavy atom. The number of carbonyl (C=O) groups excluding carboxylic acids is 1. The summed E-state index contributed by atoms with van der Waals surface area (Å²) in [6.07, 6.45) is 0.768. The molecular weight excluding hydrogens is 156 g/mol. The van der Waals surface area contributed by atoms with E-state index in [0.29, 0.717) is 5.92 Å². The van der Waals surface area contributed by atoms with Crippen LogP contribution in [0.1, 0.15) is 13.3 Å². The van der Waals surface area contributed by atoms with Crippen molar-refractivity contribution in [3.8, 4) is 0 Å². The Labute approximate surface area is 72.7 Å². The van der Waals surface area contributed by atoms with Crippen molar-refractivity contribution in [3.63, 3.8) is 0 Å². The van der Waals surface area contributed by atoms with Gasteiger partial charge in [-0.15, -0.1) is 0 Å². The molecule has 1 aliphatic heterocycles. The van der Waals surface area contributed by atoms with E-state index in [0.717, 1.165) is 19.5 Å². The van der Waals surface area contributed by atoms with Gasteiger partial charge in [-0.25, -0.2) is 4.79 Å². The number of ether oxygens (including phenoxy) is 1. The molecule has 12 heavy (non-hydrogen) atoms. The van der Waals surface area contributed by atoms with Crippen LogP contribution >= 0.6 is 0 Å². The SMILES string of the molecule is COC(=O)NC1CNCCC1C. The first-order valence-electron chi connectivity index (χ1n) is 4.29. The van der Waals surface area contributed by atoms with Gasteiger partial charge in [0.05, 0.1) is 7.11 Å². The van der Waals surface area contributed by atoms with Gasteiger partial charge in [0.15, 0.2) is 0 Å². The Balaban J connectivity index is 2.33. The zero-order chi connectivity index (χ0) is 8.97. The number of hydrogen-bond donors (Lipinski definition) is 2. The summed E-state index contributed by atoms with van der Waals surface area (Å²) >= 11 is 0. The smallest absolute Gasteiger partial charge is 0.407 e. The first-order chi connectivity index (χ1) is 5.74. The molecule has 0 aromatic rings. The number of nitrogens with one attached hydrogen (secondary N) is 2. The van der Waals surface area contributed by atoms with Gasteiger partial charge >= 0.3 is 6.09 Å². The highest BCUT2D eigenvalue weighted by atomic mass is 16.5. The van der Waals surface area contributed by atoms with E-state index in [-0.39, 0.29) is 12.1 Å². The Hall–Kier alpha value is -0.770. The van der Waals surface area contributed by atoms with E-state index in [1.165, 1.54) is 7.11 Å². The third kappa shape index (κ3) is 2.37. The van der Waals surface area contributed by atoms with E-state index >= 15 is 0 Å². The molecule has 2 atom stereocenters. The molecule has 2 N–H and O–H groups in total. The topological polar surface area (TPSA) is 50.4 Å². The maximum atomic E-state index is 10.9. The van der Waals surface area contributed by atoms with Gasteiger partial charge < -0.3 is 15.4 Å². The minimum absolute atomic E-state index is 0.214. The summed E-state index contributed by atoms with van der Waals surface area (Å²) in [5.74, 6) is 0.533. The van der Waals surface area contributed by atoms with Crippen LogP contribution in [0.4, 0.5) is 4.79 Å². The van der Waals surface area contributed by atoms with Crippen LogP contribution in [0, 0.1) is 5.92 Å². The molecule has 0 bridgehead atoms. The maximum Gasteiger partial charge on any atom is 0.407 e. The van der Waals surface area contributed by atoms with Crippen molar-refractivity contribution in [2.45, 2.75) is 19.4 Å². The normalized spacial score (nSPS) is 29.5. The average molecular weight is 172 g/mol. The van der Waals surface area contributed by atoms with Gasteiger partial charge in [-0.2, -0.15) is 0 Å². The van der Waals surface area contributed by atoms with Crippen molar-refractivity contribution < 1.29 is 9.53 Å². The molecule has 0 aromatic carbocycles. The largest absolute Gasteiger partial charge is 0.453 e. The average Bonchev–Trinajstić information content (AvgIpc) is 2.09. The summed E-state index contributed by atoms with van der Waals surface area (Å²) in [5, 5.41) is 6.02. The van der Waals surface area contributed by atoms with Gasteiger partial charge in [-0.05, 0) is 18.9 Å². The Morgan fingerprint density at radius 3 is 3.00 bits per heavy atom. The fourth-order valence-electron chi connectivity index (χ4n) is 1.39. The van der Waals surface area contributed by atoms with Gasteiger partial charge in [0.1, 0.15) is 0 Å². The van der Waals surface area contributed by atoms with Crippen LogP contribution in [-0.2, 0) is 4.74 Å². The Morgan fingerprint density at radius 2 is 2.42 bits per heavy atom. The highest BCUT2D eigenvalue weighted by Crippen LogP contribution is 2.10. The zero-order valence-corrected chi connectivity index (χ0v) is 7.59. The zero-order valence-electron chi connectivity index (χ0n) is 7.59. The van der Waals surface area contributed by atoms with E-state index in [2.05, 4.69) is 22.3 Å². The lowest BCUT2D eigenvalue weighted by molar-refractivity contribution is 0.158. The number of rotatable bonds is 1. The van der Waals surface area contributed by atoms with Crippen molar-refractivity contribution in [1.82, 2.24) is 10.6 Å². The van der Waals surface area contributed by atoms with Crippen LogP contribution in [0.15, 0.2) is 0 Å². The molecule has 4 heteroatoms. The summed E-state index contributed by atoms with van der Waals surface area (Å²) in [4.78, 5) is 10.9. The molecule has 1 aliphatic rings. The number of hydrogen-bond acceptors (Lipinski definition) is 3. The Kier molecular flexibility index (Phi) is 3.34. The highest BCUT2D eigenvalue weighted by molar-refractivity contribution is 5.67. The van der Waals surface area contributed by atoms with Crippen molar-refractivity contribution in [2.75, 3.05) is 20.2 Å². The molecule has 0 spiro atoms. The second kappa shape index (κ2) is 4.30. The summed E-state index contributed by atoms with van der Waals surface area (Å²) in [7, 11) is 1.39. The number of carbonyl (C=O) groups is 1. The molecule has 0 saturated carbocycles. The molecule has 0 aromatic heterocycles. The predicted molar refractivity (Wildman–Crippen MR) is 46.0 cm³/mol. The summed E-state index contributed by atoms with van der Waals surface area (Å²) in [6, 6.07) is 0.214. The molecule has 1 heterocycles. The monoisotopic (exact) mass is 172 g/mol. The van der Waals surface area contributed by atoms with Crippen LogP contribution in [0.5, 0.6) is 0 Å². The van der Waals surface area contributed by atoms with Crippen molar-refractivity contribution in [3.05, 3.63) is 0 Å². The third-order valence-electron chi connectivity index (χ3n) is 2.32. The van der Waals surface area contributed by atoms with Gasteiger partial charge in [-0.3, -0.25) is 0 Å². The standard InChI is InChI=1S/C8H16N2O2/c1-6-3-4-9-5-7(6)10-8(11)12-2/h6-7,9H,3-5H2,1-2H3,(H,10,11). The molecule has 2 unspecified atom stereocenters. The van der Waals surface area contributed by atoms with Crippen molar-refractivity contribution in [2.24, 2.45) is 5.92 Å². The molecule has 1 saturated heterocycles. The van der Waals surface area contributed by atoms with Gasteiger partial charge in [-0.1, -0.05) is 6.92 Å². The first-order valence-corrected chi connectivity index (χ1v) is 4.29. The fourth-order valence-corrected chi connectivity index (χ4v) is 1.39. The molecule has 1 amide bonds. The van der Waals surface area contributed by atoms with E-state index < -0.39 is 0 Å². The van der Waals surface area contributed by atoms with Crippen molar-refractivity contribution >= 4 is 6.09 Å². The van der Waals surface area contributed by atoms with E-state index in [1.807, 2.05) is 0 Å². The van der Waals surface area contributed by atoms with Crippen LogP contribution in [0.3, 0.4) is 0 Å². The maximum absolute atomic E-state index is 10.9. The molecular formula is C8H16N2O2. The number of piperidine rings is 1. The van der Waals surface area contributed by atoms with Crippen LogP contribution < -0.4 is 10.6 Å². The summed E-state index contributed by atoms with van der Waals surface area (Å²) in [5.41, 5.74) is 0. The second-order valence-corrected chi connectivity index (χ2v) is 3.21. The van der Waals surface area contributed by atoms with Gasteiger partial charge in [0.25, 0.3) is 0 Å². The first kappa shape index (κ1) is 9.32. The quantitative estimate of drug-likeness (QED) is 0.599. The third-order valence-corrected chi connectivity index (χ3v) is 2.32. The minimum Gasteiger partial charge on any atom is -0.453 e. The molecule has 0 aliphatic carbocycles. The molecule has 1 fully saturated rings. The van der Waals surface area contributed by atoms with E-state index in [4.69, 9.17) is 0 Å². The van der Waals surface area contributed by atoms with Crippen LogP contribution in [0.25, 0.3) is 0 Å². The van der Waals surface area contributed by atoms with E-state index in [1.54, 1.807) is 0 Å². The Bertz CT molecular complexity index is 161. The molecule has 0 radical (unpaired) electrons. The van der Waals surface area contributed by atoms with Gasteiger partial charge in [0, 0.05) is 12.6 Å². The molecule has 70 valence electrons. The number of methoxy groups -OCH3 is 1. The van der Waals surface area contributed by atoms with Gasteiger partial charge in [0.2, 0.25) is 0 Å². The predicted octanol–water partition coefficient (Wildman–Crippen LogP) is 0.340. The second-order valence-electron chi connectivity index (χ2n) is 3.21. The minimum atomic E-state index is -0.337. The van der Waals surface area contributed by atoms with E-state index in [9.17, 15) is 4.79 Å². The lowest BCUT2D eigenvalue weighted by Crippen LogP contribution is -2.50. The lowest BCUT2D eigenvalue weighted by atomic mass is 9.95. The van der Waals surface area contributed by atoms with Crippen LogP contribution in [-0.4, -0.2) is 32.3 Å². The lowest BCUT2D eigenvalue weighted by Gasteiger charge is -2.29. The van der Waals surface area contributed by atoms with Crippen molar-refractivity contribution in [1.29, 1.82) is 0 Å². The summed E-state index contributed by atoms with van der Waals surface area (Å²) < 4.78 is 4.52. The molecule has 4 nitrogen and oxygen atoms in total. The summed E-state index contributed by atoms with van der Waals surface area (Å²) in [6.45, 7) is 4.03. The van der Waals surface area contributed by atoms with Crippen LogP contribution in [0.2, 0.25) is 0 Å². The number of alkyl carbamates (subject to hydrolysis) is 1. The molecule has 1 rings (SSSR count).